The second kappa shape index (κ2) is 3.29. The van der Waals surface area contributed by atoms with Crippen molar-refractivity contribution in [2.45, 2.75) is 12.2 Å². The van der Waals surface area contributed by atoms with E-state index in [-0.39, 0.29) is 0 Å². The Balaban J connectivity index is 3.02. The molecule has 1 aromatic rings. The smallest absolute Gasteiger partial charge is 0.316 e. The Bertz CT molecular complexity index is 297. The van der Waals surface area contributed by atoms with Crippen molar-refractivity contribution in [3.05, 3.63) is 29.8 Å². The highest BCUT2D eigenvalue weighted by Crippen LogP contribution is 2.31. The first-order chi connectivity index (χ1) is 5.93. The van der Waals surface area contributed by atoms with Crippen LogP contribution < -0.4 is 5.73 Å². The minimum absolute atomic E-state index is 0.595. The summed E-state index contributed by atoms with van der Waals surface area (Å²) in [6.45, 7) is 0. The molecule has 1 atom stereocenters. The Morgan fingerprint density at radius 2 is 2.00 bits per heavy atom. The maximum absolute atomic E-state index is 12.7. The van der Waals surface area contributed by atoms with Gasteiger partial charge >= 0.3 is 6.18 Å². The minimum Gasteiger partial charge on any atom is -0.316 e. The summed E-state index contributed by atoms with van der Waals surface area (Å²) in [5, 5.41) is 0. The molecule has 0 bridgehead atoms. The summed E-state index contributed by atoms with van der Waals surface area (Å²) in [4.78, 5) is 3.31. The van der Waals surface area contributed by atoms with Crippen LogP contribution in [0.25, 0.3) is 0 Å². The molecule has 0 amide bonds. The molecule has 2 nitrogen and oxygen atoms in total. The van der Waals surface area contributed by atoms with Crippen LogP contribution in [0, 0.1) is 5.82 Å². The number of pyridine rings is 1. The van der Waals surface area contributed by atoms with Crippen LogP contribution in [-0.4, -0.2) is 11.2 Å². The predicted molar refractivity (Wildman–Crippen MR) is 37.2 cm³/mol. The van der Waals surface area contributed by atoms with Gasteiger partial charge in [0.15, 0.2) is 0 Å². The van der Waals surface area contributed by atoms with E-state index in [0.29, 0.717) is 6.20 Å². The maximum Gasteiger partial charge on any atom is 0.407 e. The lowest BCUT2D eigenvalue weighted by Gasteiger charge is -2.15. The topological polar surface area (TPSA) is 38.9 Å². The van der Waals surface area contributed by atoms with Gasteiger partial charge in [0.1, 0.15) is 11.9 Å². The summed E-state index contributed by atoms with van der Waals surface area (Å²) in [6, 6.07) is -1.39. The van der Waals surface area contributed by atoms with E-state index in [1.54, 1.807) is 0 Å². The fourth-order valence-electron chi connectivity index (χ4n) is 0.814. The Kier molecular flexibility index (Phi) is 2.51. The van der Waals surface area contributed by atoms with E-state index in [9.17, 15) is 17.6 Å². The molecule has 1 heterocycles. The molecule has 0 aliphatic rings. The van der Waals surface area contributed by atoms with E-state index in [1.807, 2.05) is 0 Å². The molecule has 13 heavy (non-hydrogen) atoms. The summed E-state index contributed by atoms with van der Waals surface area (Å²) in [6.07, 6.45) is -2.88. The molecule has 0 saturated heterocycles. The minimum atomic E-state index is -4.64. The van der Waals surface area contributed by atoms with Gasteiger partial charge in [0.2, 0.25) is 0 Å². The van der Waals surface area contributed by atoms with E-state index in [1.165, 1.54) is 0 Å². The van der Waals surface area contributed by atoms with Gasteiger partial charge in [0.25, 0.3) is 0 Å². The van der Waals surface area contributed by atoms with Gasteiger partial charge in [0.05, 0.1) is 6.20 Å². The van der Waals surface area contributed by atoms with Gasteiger partial charge in [0, 0.05) is 11.8 Å². The van der Waals surface area contributed by atoms with Crippen LogP contribution >= 0.6 is 0 Å². The second-order valence-corrected chi connectivity index (χ2v) is 2.42. The molecule has 1 unspecified atom stereocenters. The largest absolute Gasteiger partial charge is 0.407 e. The Hall–Kier alpha value is -1.17. The number of alkyl halides is 3. The van der Waals surface area contributed by atoms with Crippen molar-refractivity contribution in [1.82, 2.24) is 4.98 Å². The van der Waals surface area contributed by atoms with Gasteiger partial charge in [-0.15, -0.1) is 0 Å². The van der Waals surface area contributed by atoms with Crippen LogP contribution in [0.3, 0.4) is 0 Å². The number of nitrogens with zero attached hydrogens (tertiary/aromatic N) is 1. The van der Waals surface area contributed by atoms with Gasteiger partial charge in [-0.2, -0.15) is 13.2 Å². The second-order valence-electron chi connectivity index (χ2n) is 2.42. The van der Waals surface area contributed by atoms with Gasteiger partial charge in [-0.3, -0.25) is 4.98 Å². The standard InChI is InChI=1S/C7H6F4N2/c8-5-3-13-2-1-4(5)6(12)7(9,10)11/h1-3,6H,12H2. The van der Waals surface area contributed by atoms with Crippen molar-refractivity contribution in [1.29, 1.82) is 0 Å². The molecule has 2 N–H and O–H groups in total. The quantitative estimate of drug-likeness (QED) is 0.692. The molecule has 0 aliphatic carbocycles. The molecule has 1 rings (SSSR count). The molecular formula is C7H6F4N2. The van der Waals surface area contributed by atoms with Gasteiger partial charge in [-0.1, -0.05) is 0 Å². The highest BCUT2D eigenvalue weighted by Gasteiger charge is 2.39. The van der Waals surface area contributed by atoms with E-state index >= 15 is 0 Å². The SMILES string of the molecule is NC(c1ccncc1F)C(F)(F)F. The average molecular weight is 194 g/mol. The first-order valence-corrected chi connectivity index (χ1v) is 3.34. The van der Waals surface area contributed by atoms with Crippen LogP contribution in [0.1, 0.15) is 11.6 Å². The molecular weight excluding hydrogens is 188 g/mol. The number of aromatic nitrogens is 1. The highest BCUT2D eigenvalue weighted by molar-refractivity contribution is 5.18. The first-order valence-electron chi connectivity index (χ1n) is 3.34. The number of rotatable bonds is 1. The van der Waals surface area contributed by atoms with Crippen LogP contribution in [0.15, 0.2) is 18.5 Å². The predicted octanol–water partition coefficient (Wildman–Crippen LogP) is 1.78. The molecule has 72 valence electrons. The van der Waals surface area contributed by atoms with Crippen LogP contribution in [0.4, 0.5) is 17.6 Å². The third kappa shape index (κ3) is 2.15. The zero-order valence-corrected chi connectivity index (χ0v) is 6.35. The van der Waals surface area contributed by atoms with Crippen molar-refractivity contribution in [2.24, 2.45) is 5.73 Å². The summed E-state index contributed by atoms with van der Waals surface area (Å²) >= 11 is 0. The first kappa shape index (κ1) is 9.91. The Labute approximate surface area is 71.4 Å². The van der Waals surface area contributed by atoms with Gasteiger partial charge in [-0.25, -0.2) is 4.39 Å². The fraction of sp³-hybridized carbons (Fsp3) is 0.286. The monoisotopic (exact) mass is 194 g/mol. The summed E-state index contributed by atoms with van der Waals surface area (Å²) < 4.78 is 48.7. The number of halogens is 4. The summed E-state index contributed by atoms with van der Waals surface area (Å²) in [5.74, 6) is -1.05. The zero-order chi connectivity index (χ0) is 10.1. The van der Waals surface area contributed by atoms with Crippen molar-refractivity contribution in [3.8, 4) is 0 Å². The fourth-order valence-corrected chi connectivity index (χ4v) is 0.814. The third-order valence-electron chi connectivity index (χ3n) is 1.49. The lowest BCUT2D eigenvalue weighted by molar-refractivity contribution is -0.149. The number of nitrogens with two attached hydrogens (primary N) is 1. The Morgan fingerprint density at radius 3 is 2.46 bits per heavy atom. The summed E-state index contributed by atoms with van der Waals surface area (Å²) in [7, 11) is 0. The molecule has 1 aromatic heterocycles. The van der Waals surface area contributed by atoms with Crippen molar-refractivity contribution in [3.63, 3.8) is 0 Å². The van der Waals surface area contributed by atoms with Crippen LogP contribution in [0.5, 0.6) is 0 Å². The number of hydrogen-bond acceptors (Lipinski definition) is 2. The van der Waals surface area contributed by atoms with Crippen molar-refractivity contribution < 1.29 is 17.6 Å². The third-order valence-corrected chi connectivity index (χ3v) is 1.49. The zero-order valence-electron chi connectivity index (χ0n) is 6.35. The van der Waals surface area contributed by atoms with E-state index in [0.717, 1.165) is 12.3 Å². The van der Waals surface area contributed by atoms with Crippen LogP contribution in [0.2, 0.25) is 0 Å². The molecule has 0 aliphatic heterocycles. The van der Waals surface area contributed by atoms with E-state index in [4.69, 9.17) is 5.73 Å². The maximum atomic E-state index is 12.7. The lowest BCUT2D eigenvalue weighted by Crippen LogP contribution is -2.29. The molecule has 0 radical (unpaired) electrons. The normalized spacial score (nSPS) is 14.2. The van der Waals surface area contributed by atoms with Gasteiger partial charge in [-0.05, 0) is 6.07 Å². The summed E-state index contributed by atoms with van der Waals surface area (Å²) in [5.41, 5.74) is 4.19. The Morgan fingerprint density at radius 1 is 1.38 bits per heavy atom. The van der Waals surface area contributed by atoms with Crippen molar-refractivity contribution >= 4 is 0 Å². The molecule has 0 spiro atoms. The van der Waals surface area contributed by atoms with E-state index < -0.39 is 23.6 Å². The molecule has 6 heteroatoms. The number of hydrogen-bond donors (Lipinski definition) is 1. The lowest BCUT2D eigenvalue weighted by atomic mass is 10.1. The average Bonchev–Trinajstić information content (AvgIpc) is 2.02. The highest BCUT2D eigenvalue weighted by atomic mass is 19.4. The van der Waals surface area contributed by atoms with E-state index in [2.05, 4.69) is 4.98 Å². The molecule has 0 fully saturated rings. The van der Waals surface area contributed by atoms with Crippen molar-refractivity contribution in [2.75, 3.05) is 0 Å². The molecule has 0 aromatic carbocycles. The van der Waals surface area contributed by atoms with Crippen LogP contribution in [-0.2, 0) is 0 Å². The molecule has 0 saturated carbocycles. The van der Waals surface area contributed by atoms with Gasteiger partial charge < -0.3 is 5.73 Å².